The molecule has 8 heteroatoms. The molecule has 2 aliphatic rings. The van der Waals surface area contributed by atoms with Gasteiger partial charge in [-0.05, 0) is 116 Å². The second kappa shape index (κ2) is 22.0. The number of nitrogens with zero attached hydrogens (tertiary/aromatic N) is 6. The van der Waals surface area contributed by atoms with E-state index in [-0.39, 0.29) is 20.1 Å². The van der Waals surface area contributed by atoms with Crippen molar-refractivity contribution in [3.63, 3.8) is 0 Å². The van der Waals surface area contributed by atoms with Crippen LogP contribution in [0.5, 0.6) is 0 Å². The van der Waals surface area contributed by atoms with E-state index in [1.54, 1.807) is 0 Å². The summed E-state index contributed by atoms with van der Waals surface area (Å²) in [6.45, 7) is 15.5. The predicted molar refractivity (Wildman–Crippen MR) is 280 cm³/mol. The fourth-order valence-corrected chi connectivity index (χ4v) is 9.69. The molecule has 0 N–H and O–H groups in total. The third-order valence-corrected chi connectivity index (χ3v) is 13.4. The Bertz CT molecular complexity index is 2980. The zero-order valence-electron chi connectivity index (χ0n) is 40.2. The summed E-state index contributed by atoms with van der Waals surface area (Å²) < 4.78 is 8.72. The minimum absolute atomic E-state index is 0. The molecule has 0 spiro atoms. The summed E-state index contributed by atoms with van der Waals surface area (Å²) in [4.78, 5) is 13.9. The van der Waals surface area contributed by atoms with Gasteiger partial charge in [0.2, 0.25) is 0 Å². The number of imidazole rings is 1. The van der Waals surface area contributed by atoms with Gasteiger partial charge in [0.05, 0.1) is 5.82 Å². The first-order valence-electron chi connectivity index (χ1n) is 24.6. The molecule has 2 aliphatic heterocycles. The van der Waals surface area contributed by atoms with E-state index in [4.69, 9.17) is 9.40 Å². The molecule has 0 fully saturated rings. The Balaban J connectivity index is 0.00000593. The van der Waals surface area contributed by atoms with E-state index in [0.717, 1.165) is 96.3 Å². The molecular weight excluding hydrogens is 1020 g/mol. The van der Waals surface area contributed by atoms with Gasteiger partial charge in [-0.25, -0.2) is 0 Å². The van der Waals surface area contributed by atoms with Crippen LogP contribution >= 0.6 is 0 Å². The number of fused-ring (bicyclic) bond motifs is 3. The van der Waals surface area contributed by atoms with Crippen molar-refractivity contribution in [2.24, 2.45) is 0 Å². The molecule has 355 valence electrons. The van der Waals surface area contributed by atoms with Crippen LogP contribution in [-0.2, 0) is 32.9 Å². The summed E-state index contributed by atoms with van der Waals surface area (Å²) in [5.74, 6) is 1.64. The van der Waals surface area contributed by atoms with Gasteiger partial charge in [0.1, 0.15) is 5.58 Å². The van der Waals surface area contributed by atoms with Crippen molar-refractivity contribution in [2.45, 2.75) is 90.9 Å². The number of furan rings is 1. The van der Waals surface area contributed by atoms with Gasteiger partial charge >= 0.3 is 0 Å². The van der Waals surface area contributed by atoms with E-state index in [0.29, 0.717) is 11.8 Å². The van der Waals surface area contributed by atoms with E-state index < -0.39 is 0 Å². The Morgan fingerprint density at radius 1 is 0.609 bits per heavy atom. The average Bonchev–Trinajstić information content (AvgIpc) is 4.21. The van der Waals surface area contributed by atoms with E-state index >= 15 is 0 Å². The number of rotatable bonds is 19. The maximum Gasteiger partial charge on any atom is 0.116 e. The molecule has 1 radical (unpaired) electrons. The summed E-state index contributed by atoms with van der Waals surface area (Å²) >= 11 is 0. The van der Waals surface area contributed by atoms with Crippen LogP contribution in [0.15, 0.2) is 157 Å². The van der Waals surface area contributed by atoms with Gasteiger partial charge in [0.25, 0.3) is 0 Å². The Kier molecular flexibility index (Phi) is 15.2. The van der Waals surface area contributed by atoms with Crippen molar-refractivity contribution in [1.82, 2.24) is 19.4 Å². The van der Waals surface area contributed by atoms with Crippen LogP contribution in [0.3, 0.4) is 0 Å². The molecule has 69 heavy (non-hydrogen) atoms. The summed E-state index contributed by atoms with van der Waals surface area (Å²) in [5, 5.41) is 2.25. The zero-order valence-corrected chi connectivity index (χ0v) is 42.6. The van der Waals surface area contributed by atoms with E-state index in [1.165, 1.54) is 52.0 Å². The number of aryl methyl sites for hydroxylation is 2. The third-order valence-electron chi connectivity index (χ3n) is 13.4. The average molecular weight is 1090 g/mol. The molecule has 6 aromatic carbocycles. The first kappa shape index (κ1) is 47.7. The maximum absolute atomic E-state index is 6.25. The number of anilines is 2. The fourth-order valence-electron chi connectivity index (χ4n) is 9.69. The normalized spacial score (nSPS) is 13.6. The SMILES string of the molecule is CC(C)c1cc(-c2ccccc2)cc(C(C)C)c1-n1c(CCCCCCc2c[c-]c(N3C=CN(CCCCN4C=CN(c5[c-]ccc6c5oc5ccccc56)[CH-]4)[CH-]3)cc2)cnc1-c1[c-]cccc1.[Ir]. The molecule has 0 amide bonds. The number of aromatic nitrogens is 2. The van der Waals surface area contributed by atoms with Crippen molar-refractivity contribution in [3.05, 3.63) is 206 Å². The van der Waals surface area contributed by atoms with Gasteiger partial charge in [-0.2, -0.15) is 55.3 Å². The number of hydrogen-bond donors (Lipinski definition) is 0. The van der Waals surface area contributed by atoms with Gasteiger partial charge < -0.3 is 28.6 Å². The zero-order chi connectivity index (χ0) is 46.4. The van der Waals surface area contributed by atoms with Gasteiger partial charge in [0, 0.05) is 48.7 Å². The number of benzene rings is 6. The Morgan fingerprint density at radius 3 is 2.01 bits per heavy atom. The molecule has 0 unspecified atom stereocenters. The van der Waals surface area contributed by atoms with Crippen LogP contribution in [0, 0.1) is 31.5 Å². The second-order valence-corrected chi connectivity index (χ2v) is 18.9. The minimum atomic E-state index is 0. The molecule has 0 aliphatic carbocycles. The quantitative estimate of drug-likeness (QED) is 0.0594. The Labute approximate surface area is 423 Å². The largest absolute Gasteiger partial charge is 0.514 e. The maximum atomic E-state index is 6.25. The van der Waals surface area contributed by atoms with Crippen molar-refractivity contribution in [2.75, 3.05) is 22.9 Å². The number of para-hydroxylation sites is 1. The van der Waals surface area contributed by atoms with Gasteiger partial charge in [-0.15, -0.1) is 47.6 Å². The van der Waals surface area contributed by atoms with Gasteiger partial charge in [-0.3, -0.25) is 4.98 Å². The second-order valence-electron chi connectivity index (χ2n) is 18.9. The van der Waals surface area contributed by atoms with Crippen LogP contribution in [-0.4, -0.2) is 32.4 Å². The summed E-state index contributed by atoms with van der Waals surface area (Å²) in [7, 11) is 0. The van der Waals surface area contributed by atoms with Crippen LogP contribution in [0.4, 0.5) is 11.4 Å². The molecular formula is C61H61IrN6O-5. The molecule has 0 bridgehead atoms. The van der Waals surface area contributed by atoms with Crippen molar-refractivity contribution < 1.29 is 24.5 Å². The minimum Gasteiger partial charge on any atom is -0.514 e. The van der Waals surface area contributed by atoms with Crippen molar-refractivity contribution >= 4 is 33.3 Å². The predicted octanol–water partition coefficient (Wildman–Crippen LogP) is 15.0. The van der Waals surface area contributed by atoms with Crippen LogP contribution in [0.1, 0.15) is 100 Å². The molecule has 2 aromatic heterocycles. The molecule has 4 heterocycles. The molecule has 0 saturated carbocycles. The van der Waals surface area contributed by atoms with Gasteiger partial charge in [-0.1, -0.05) is 113 Å². The van der Waals surface area contributed by atoms with Crippen LogP contribution in [0.25, 0.3) is 50.1 Å². The van der Waals surface area contributed by atoms with E-state index in [1.807, 2.05) is 30.3 Å². The third kappa shape index (κ3) is 10.6. The van der Waals surface area contributed by atoms with Crippen LogP contribution in [0.2, 0.25) is 0 Å². The van der Waals surface area contributed by atoms with Crippen molar-refractivity contribution in [1.29, 1.82) is 0 Å². The summed E-state index contributed by atoms with van der Waals surface area (Å²) in [6, 6.07) is 53.2. The molecule has 10 rings (SSSR count). The monoisotopic (exact) mass is 1090 g/mol. The summed E-state index contributed by atoms with van der Waals surface area (Å²) in [5.41, 5.74) is 13.9. The van der Waals surface area contributed by atoms with Gasteiger partial charge in [0.15, 0.2) is 0 Å². The molecule has 8 aromatic rings. The van der Waals surface area contributed by atoms with E-state index in [9.17, 15) is 0 Å². The Hall–Kier alpha value is -6.34. The molecule has 0 saturated heterocycles. The van der Waals surface area contributed by atoms with E-state index in [2.05, 4.69) is 205 Å². The van der Waals surface area contributed by atoms with Crippen LogP contribution < -0.4 is 9.80 Å². The first-order chi connectivity index (χ1) is 33.4. The number of hydrogen-bond acceptors (Lipinski definition) is 6. The molecule has 0 atom stereocenters. The Morgan fingerprint density at radius 2 is 1.30 bits per heavy atom. The topological polar surface area (TPSA) is 43.9 Å². The fraction of sp³-hybridized carbons (Fsp3) is 0.262. The van der Waals surface area contributed by atoms with Crippen molar-refractivity contribution in [3.8, 4) is 28.2 Å². The smallest absolute Gasteiger partial charge is 0.116 e. The molecule has 7 nitrogen and oxygen atoms in total. The number of unbranched alkanes of at least 4 members (excludes halogenated alkanes) is 4. The first-order valence-corrected chi connectivity index (χ1v) is 24.6. The summed E-state index contributed by atoms with van der Waals surface area (Å²) in [6.07, 6.45) is 19.5. The standard InChI is InChI=1S/C61H61N6O.Ir/c1-45(2)55-40-50(48-21-10-7-11-22-48)41-56(46(3)4)59(55)67-52(42-62-61(67)49-23-12-8-13-24-49)25-14-6-5-9-20-47-30-32-51(33-31-47)65-38-36-63(43-65)34-17-18-35-64-37-39-66(44-64)57-28-19-27-54-53-26-15-16-29-58(53)68-60(54)57;/h7-8,10-13,15-16,19,21-23,26-27,29-32,36-46H,5-6,9,14,17-18,20,25,34-35H2,1-4H3;/q-5;.